The van der Waals surface area contributed by atoms with Gasteiger partial charge in [-0.2, -0.15) is 13.2 Å². The molecule has 4 nitrogen and oxygen atoms in total. The Morgan fingerprint density at radius 2 is 1.79 bits per heavy atom. The molecule has 0 radical (unpaired) electrons. The first-order valence-corrected chi connectivity index (χ1v) is 11.1. The van der Waals surface area contributed by atoms with Crippen molar-refractivity contribution in [2.75, 3.05) is 44.7 Å². The summed E-state index contributed by atoms with van der Waals surface area (Å²) in [6.45, 7) is 2.24. The average molecular weight is 469 g/mol. The number of pyridine rings is 1. The van der Waals surface area contributed by atoms with Crippen molar-refractivity contribution < 1.29 is 26.7 Å². The summed E-state index contributed by atoms with van der Waals surface area (Å²) in [5.74, 6) is -0.197. The van der Waals surface area contributed by atoms with Crippen molar-refractivity contribution >= 4 is 5.82 Å². The normalized spacial score (nSPS) is 21.5. The predicted molar refractivity (Wildman–Crippen MR) is 115 cm³/mol. The fourth-order valence-electron chi connectivity index (χ4n) is 4.61. The maximum atomic E-state index is 13.6. The fraction of sp³-hybridized carbons (Fsp3) is 0.542. The van der Waals surface area contributed by atoms with Crippen LogP contribution in [0.25, 0.3) is 0 Å². The van der Waals surface area contributed by atoms with E-state index in [1.54, 1.807) is 17.0 Å². The number of alkyl halides is 4. The molecule has 0 aliphatic carbocycles. The predicted octanol–water partition coefficient (Wildman–Crippen LogP) is 4.97. The van der Waals surface area contributed by atoms with Crippen molar-refractivity contribution in [1.82, 2.24) is 9.88 Å². The average Bonchev–Trinajstić information content (AvgIpc) is 3.21. The van der Waals surface area contributed by atoms with Gasteiger partial charge < -0.3 is 14.5 Å². The molecule has 1 aromatic heterocycles. The van der Waals surface area contributed by atoms with Crippen LogP contribution in [0, 0.1) is 5.82 Å². The zero-order chi connectivity index (χ0) is 23.6. The summed E-state index contributed by atoms with van der Waals surface area (Å²) >= 11 is 0. The molecule has 2 aliphatic rings. The SMILES string of the molecule is CN1CCC(COCc2cc(C(F)(F)F)cc(N3CC[C@H](F)C3)n2)(c2ccc(F)cc2)CC1. The highest BCUT2D eigenvalue weighted by Gasteiger charge is 2.36. The van der Waals surface area contributed by atoms with Crippen molar-refractivity contribution in [3.05, 3.63) is 59.0 Å². The molecule has 2 aromatic rings. The van der Waals surface area contributed by atoms with Gasteiger partial charge in [0.05, 0.1) is 31.0 Å². The molecule has 1 aromatic carbocycles. The standard InChI is InChI=1S/C24H28F5N3O/c1-31-10-7-23(8-11-31,17-2-4-19(25)5-3-17)16-33-15-21-12-18(24(27,28)29)13-22(30-21)32-9-6-20(26)14-32/h2-5,12-13,20H,6-11,14-16H2,1H3/t20-/m0/s1. The van der Waals surface area contributed by atoms with Gasteiger partial charge in [-0.3, -0.25) is 0 Å². The minimum Gasteiger partial charge on any atom is -0.374 e. The third-order valence-corrected chi connectivity index (χ3v) is 6.68. The molecule has 3 heterocycles. The Balaban J connectivity index is 1.52. The molecule has 2 saturated heterocycles. The summed E-state index contributed by atoms with van der Waals surface area (Å²) in [6.07, 6.45) is -3.74. The van der Waals surface area contributed by atoms with Gasteiger partial charge in [0.25, 0.3) is 0 Å². The summed E-state index contributed by atoms with van der Waals surface area (Å²) in [7, 11) is 2.03. The zero-order valence-electron chi connectivity index (χ0n) is 18.5. The molecule has 0 spiro atoms. The largest absolute Gasteiger partial charge is 0.416 e. The minimum atomic E-state index is -4.54. The van der Waals surface area contributed by atoms with Crippen LogP contribution in [0.1, 0.15) is 36.1 Å². The summed E-state index contributed by atoms with van der Waals surface area (Å²) in [4.78, 5) is 8.09. The van der Waals surface area contributed by atoms with Crippen LogP contribution >= 0.6 is 0 Å². The number of likely N-dealkylation sites (tertiary alicyclic amines) is 1. The summed E-state index contributed by atoms with van der Waals surface area (Å²) < 4.78 is 73.5. The number of aromatic nitrogens is 1. The Labute approximate surface area is 190 Å². The van der Waals surface area contributed by atoms with Crippen LogP contribution in [0.4, 0.5) is 27.8 Å². The van der Waals surface area contributed by atoms with E-state index in [4.69, 9.17) is 4.74 Å². The van der Waals surface area contributed by atoms with E-state index in [-0.39, 0.29) is 48.9 Å². The molecule has 2 aliphatic heterocycles. The Kier molecular flexibility index (Phi) is 6.91. The summed E-state index contributed by atoms with van der Waals surface area (Å²) in [5, 5.41) is 0. The van der Waals surface area contributed by atoms with E-state index in [0.29, 0.717) is 6.54 Å². The summed E-state index contributed by atoms with van der Waals surface area (Å²) in [5.41, 5.74) is -0.0489. The molecule has 4 rings (SSSR count). The van der Waals surface area contributed by atoms with Crippen LogP contribution in [0.3, 0.4) is 0 Å². The van der Waals surface area contributed by atoms with Crippen LogP contribution in [0.2, 0.25) is 0 Å². The van der Waals surface area contributed by atoms with Crippen molar-refractivity contribution in [3.63, 3.8) is 0 Å². The molecule has 0 N–H and O–H groups in total. The van der Waals surface area contributed by atoms with Crippen molar-refractivity contribution in [3.8, 4) is 0 Å². The highest BCUT2D eigenvalue weighted by molar-refractivity contribution is 5.45. The lowest BCUT2D eigenvalue weighted by atomic mass is 9.73. The van der Waals surface area contributed by atoms with Gasteiger partial charge in [-0.05, 0) is 69.2 Å². The van der Waals surface area contributed by atoms with Gasteiger partial charge in [-0.25, -0.2) is 13.8 Å². The lowest BCUT2D eigenvalue weighted by molar-refractivity contribution is -0.137. The second-order valence-corrected chi connectivity index (χ2v) is 9.12. The molecule has 33 heavy (non-hydrogen) atoms. The van der Waals surface area contributed by atoms with Crippen LogP contribution in [-0.4, -0.2) is 55.9 Å². The molecule has 9 heteroatoms. The van der Waals surface area contributed by atoms with Gasteiger partial charge in [-0.15, -0.1) is 0 Å². The first kappa shape index (κ1) is 23.9. The lowest BCUT2D eigenvalue weighted by Gasteiger charge is -2.41. The molecule has 0 amide bonds. The van der Waals surface area contributed by atoms with Crippen molar-refractivity contribution in [2.24, 2.45) is 0 Å². The van der Waals surface area contributed by atoms with E-state index in [9.17, 15) is 22.0 Å². The van der Waals surface area contributed by atoms with Gasteiger partial charge in [-0.1, -0.05) is 12.1 Å². The number of nitrogens with zero attached hydrogens (tertiary/aromatic N) is 3. The Hall–Kier alpha value is -2.26. The smallest absolute Gasteiger partial charge is 0.374 e. The number of hydrogen-bond acceptors (Lipinski definition) is 4. The number of piperidine rings is 1. The molecule has 0 unspecified atom stereocenters. The van der Waals surface area contributed by atoms with E-state index in [2.05, 4.69) is 9.88 Å². The van der Waals surface area contributed by atoms with E-state index in [0.717, 1.165) is 43.6 Å². The monoisotopic (exact) mass is 469 g/mol. The van der Waals surface area contributed by atoms with Gasteiger partial charge in [0.2, 0.25) is 0 Å². The van der Waals surface area contributed by atoms with Crippen LogP contribution < -0.4 is 4.90 Å². The van der Waals surface area contributed by atoms with Crippen LogP contribution in [-0.2, 0) is 22.9 Å². The first-order valence-electron chi connectivity index (χ1n) is 11.1. The maximum Gasteiger partial charge on any atom is 0.416 e. The van der Waals surface area contributed by atoms with Crippen molar-refractivity contribution in [2.45, 2.75) is 43.6 Å². The Morgan fingerprint density at radius 3 is 2.39 bits per heavy atom. The van der Waals surface area contributed by atoms with Crippen LogP contribution in [0.5, 0.6) is 0 Å². The number of halogens is 5. The van der Waals surface area contributed by atoms with Gasteiger partial charge in [0.15, 0.2) is 0 Å². The number of ether oxygens (including phenoxy) is 1. The molecular weight excluding hydrogens is 441 g/mol. The number of hydrogen-bond donors (Lipinski definition) is 0. The van der Waals surface area contributed by atoms with E-state index in [1.807, 2.05) is 7.05 Å². The third kappa shape index (κ3) is 5.63. The molecule has 2 fully saturated rings. The number of anilines is 1. The molecule has 0 bridgehead atoms. The van der Waals surface area contributed by atoms with E-state index in [1.165, 1.54) is 12.1 Å². The Bertz CT molecular complexity index is 942. The molecular formula is C24H28F5N3O. The Morgan fingerprint density at radius 1 is 1.09 bits per heavy atom. The van der Waals surface area contributed by atoms with E-state index >= 15 is 0 Å². The third-order valence-electron chi connectivity index (χ3n) is 6.68. The highest BCUT2D eigenvalue weighted by Crippen LogP contribution is 2.37. The quantitative estimate of drug-likeness (QED) is 0.559. The zero-order valence-corrected chi connectivity index (χ0v) is 18.5. The number of benzene rings is 1. The second-order valence-electron chi connectivity index (χ2n) is 9.12. The second kappa shape index (κ2) is 9.54. The van der Waals surface area contributed by atoms with Crippen molar-refractivity contribution in [1.29, 1.82) is 0 Å². The maximum absolute atomic E-state index is 13.6. The molecule has 180 valence electrons. The molecule has 1 atom stereocenters. The lowest BCUT2D eigenvalue weighted by Crippen LogP contribution is -2.43. The minimum absolute atomic E-state index is 0.0375. The molecule has 0 saturated carbocycles. The topological polar surface area (TPSA) is 28.6 Å². The number of rotatable bonds is 6. The van der Waals surface area contributed by atoms with Gasteiger partial charge >= 0.3 is 6.18 Å². The van der Waals surface area contributed by atoms with Crippen LogP contribution in [0.15, 0.2) is 36.4 Å². The van der Waals surface area contributed by atoms with Gasteiger partial charge in [0.1, 0.15) is 17.8 Å². The fourth-order valence-corrected chi connectivity index (χ4v) is 4.61. The van der Waals surface area contributed by atoms with E-state index < -0.39 is 17.9 Å². The first-order chi connectivity index (χ1) is 15.6. The highest BCUT2D eigenvalue weighted by atomic mass is 19.4. The van der Waals surface area contributed by atoms with Gasteiger partial charge in [0, 0.05) is 12.0 Å². The summed E-state index contributed by atoms with van der Waals surface area (Å²) in [6, 6.07) is 8.31.